The SMILES string of the molecule is CC(C=NC=CC(=O)C(F)(F)F)C(=O)O. The second-order valence-electron chi connectivity index (χ2n) is 2.60. The molecule has 0 fully saturated rings. The van der Waals surface area contributed by atoms with Crippen molar-refractivity contribution in [2.24, 2.45) is 10.9 Å². The summed E-state index contributed by atoms with van der Waals surface area (Å²) in [5.74, 6) is -4.12. The molecule has 1 atom stereocenters. The average molecular weight is 223 g/mol. The van der Waals surface area contributed by atoms with Gasteiger partial charge >= 0.3 is 12.1 Å². The minimum Gasteiger partial charge on any atom is -0.481 e. The molecule has 0 amide bonds. The fourth-order valence-corrected chi connectivity index (χ4v) is 0.448. The van der Waals surface area contributed by atoms with E-state index < -0.39 is 23.8 Å². The Labute approximate surface area is 83.1 Å². The van der Waals surface area contributed by atoms with E-state index in [4.69, 9.17) is 5.11 Å². The molecule has 1 unspecified atom stereocenters. The number of hydrogen-bond donors (Lipinski definition) is 1. The number of carboxylic acids is 1. The molecule has 0 rings (SSSR count). The molecule has 0 aliphatic carbocycles. The summed E-state index contributed by atoms with van der Waals surface area (Å²) in [4.78, 5) is 23.7. The predicted octanol–water partition coefficient (Wildman–Crippen LogP) is 1.42. The van der Waals surface area contributed by atoms with Crippen LogP contribution in [0.1, 0.15) is 6.92 Å². The molecule has 7 heteroatoms. The smallest absolute Gasteiger partial charge is 0.454 e. The number of alkyl halides is 3. The highest BCUT2D eigenvalue weighted by atomic mass is 19.4. The van der Waals surface area contributed by atoms with Gasteiger partial charge in [0.1, 0.15) is 0 Å². The number of ketones is 1. The zero-order valence-electron chi connectivity index (χ0n) is 7.65. The van der Waals surface area contributed by atoms with E-state index in [9.17, 15) is 22.8 Å². The van der Waals surface area contributed by atoms with Crippen LogP contribution in [0.2, 0.25) is 0 Å². The second-order valence-corrected chi connectivity index (χ2v) is 2.60. The van der Waals surface area contributed by atoms with Gasteiger partial charge in [0, 0.05) is 18.5 Å². The third kappa shape index (κ3) is 5.61. The van der Waals surface area contributed by atoms with Gasteiger partial charge in [-0.2, -0.15) is 13.2 Å². The van der Waals surface area contributed by atoms with Gasteiger partial charge in [-0.15, -0.1) is 0 Å². The van der Waals surface area contributed by atoms with Crippen molar-refractivity contribution in [2.75, 3.05) is 0 Å². The van der Waals surface area contributed by atoms with Gasteiger partial charge in [0.2, 0.25) is 0 Å². The highest BCUT2D eigenvalue weighted by molar-refractivity contribution is 5.94. The van der Waals surface area contributed by atoms with Crippen molar-refractivity contribution in [3.8, 4) is 0 Å². The number of carboxylic acid groups (broad SMARTS) is 1. The molecule has 1 N–H and O–H groups in total. The molecule has 4 nitrogen and oxygen atoms in total. The Bertz CT molecular complexity index is 307. The molecular weight excluding hydrogens is 215 g/mol. The standard InChI is InChI=1S/C8H8F3NO3/c1-5(7(14)15)4-12-3-2-6(13)8(9,10)11/h2-5H,1H3,(H,14,15). The van der Waals surface area contributed by atoms with E-state index in [1.54, 1.807) is 0 Å². The fraction of sp³-hybridized carbons (Fsp3) is 0.375. The maximum absolute atomic E-state index is 11.6. The Morgan fingerprint density at radius 3 is 2.33 bits per heavy atom. The largest absolute Gasteiger partial charge is 0.481 e. The van der Waals surface area contributed by atoms with Gasteiger partial charge in [-0.3, -0.25) is 14.6 Å². The zero-order chi connectivity index (χ0) is 12.1. The molecule has 0 aromatic carbocycles. The maximum atomic E-state index is 11.6. The van der Waals surface area contributed by atoms with Gasteiger partial charge in [0.25, 0.3) is 5.78 Å². The third-order valence-electron chi connectivity index (χ3n) is 1.29. The topological polar surface area (TPSA) is 66.7 Å². The number of aliphatic carboxylic acids is 1. The first kappa shape index (κ1) is 13.3. The molecule has 84 valence electrons. The summed E-state index contributed by atoms with van der Waals surface area (Å²) in [6, 6.07) is 0. The molecular formula is C8H8F3NO3. The van der Waals surface area contributed by atoms with Gasteiger partial charge < -0.3 is 5.11 Å². The van der Waals surface area contributed by atoms with E-state index in [2.05, 4.69) is 4.99 Å². The Hall–Kier alpha value is -1.66. The van der Waals surface area contributed by atoms with Crippen LogP contribution in [0.25, 0.3) is 0 Å². The van der Waals surface area contributed by atoms with Gasteiger partial charge in [0.05, 0.1) is 5.92 Å². The molecule has 0 saturated heterocycles. The zero-order valence-corrected chi connectivity index (χ0v) is 7.65. The third-order valence-corrected chi connectivity index (χ3v) is 1.29. The highest BCUT2D eigenvalue weighted by Crippen LogP contribution is 2.16. The van der Waals surface area contributed by atoms with Crippen LogP contribution in [0.5, 0.6) is 0 Å². The van der Waals surface area contributed by atoms with Gasteiger partial charge in [-0.25, -0.2) is 0 Å². The summed E-state index contributed by atoms with van der Waals surface area (Å²) in [7, 11) is 0. The molecule has 0 aliphatic heterocycles. The Kier molecular flexibility index (Phi) is 4.69. The van der Waals surface area contributed by atoms with Crippen molar-refractivity contribution in [3.63, 3.8) is 0 Å². The van der Waals surface area contributed by atoms with E-state index in [1.807, 2.05) is 0 Å². The Balaban J connectivity index is 4.23. The number of halogens is 3. The Morgan fingerprint density at radius 1 is 1.40 bits per heavy atom. The van der Waals surface area contributed by atoms with Crippen molar-refractivity contribution >= 4 is 18.0 Å². The monoisotopic (exact) mass is 223 g/mol. The lowest BCUT2D eigenvalue weighted by Crippen LogP contribution is -2.19. The van der Waals surface area contributed by atoms with Crippen molar-refractivity contribution in [2.45, 2.75) is 13.1 Å². The number of rotatable bonds is 4. The second kappa shape index (κ2) is 5.28. The molecule has 0 bridgehead atoms. The number of aliphatic imine (C=N–C) groups is 1. The minimum absolute atomic E-state index is 0.227. The van der Waals surface area contributed by atoms with Crippen molar-refractivity contribution < 1.29 is 27.9 Å². The molecule has 0 aromatic rings. The minimum atomic E-state index is -4.93. The summed E-state index contributed by atoms with van der Waals surface area (Å²) >= 11 is 0. The lowest BCUT2D eigenvalue weighted by atomic mass is 10.2. The van der Waals surface area contributed by atoms with E-state index in [0.29, 0.717) is 6.20 Å². The van der Waals surface area contributed by atoms with Crippen LogP contribution in [-0.4, -0.2) is 29.2 Å². The van der Waals surface area contributed by atoms with Crippen LogP contribution >= 0.6 is 0 Å². The van der Waals surface area contributed by atoms with E-state index >= 15 is 0 Å². The number of allylic oxidation sites excluding steroid dienone is 1. The van der Waals surface area contributed by atoms with Crippen LogP contribution in [0.4, 0.5) is 13.2 Å². The van der Waals surface area contributed by atoms with Crippen LogP contribution in [0.3, 0.4) is 0 Å². The summed E-state index contributed by atoms with van der Waals surface area (Å²) in [5, 5.41) is 8.36. The molecule has 0 radical (unpaired) electrons. The van der Waals surface area contributed by atoms with Crippen LogP contribution in [0, 0.1) is 5.92 Å². The summed E-state index contributed by atoms with van der Waals surface area (Å²) in [6.45, 7) is 1.30. The number of hydrogen-bond acceptors (Lipinski definition) is 3. The van der Waals surface area contributed by atoms with E-state index in [0.717, 1.165) is 6.21 Å². The van der Waals surface area contributed by atoms with E-state index in [-0.39, 0.29) is 6.08 Å². The van der Waals surface area contributed by atoms with Crippen molar-refractivity contribution in [1.82, 2.24) is 0 Å². The lowest BCUT2D eigenvalue weighted by Gasteiger charge is -1.98. The summed E-state index contributed by atoms with van der Waals surface area (Å²) in [5.41, 5.74) is 0. The van der Waals surface area contributed by atoms with Crippen LogP contribution < -0.4 is 0 Å². The van der Waals surface area contributed by atoms with Gasteiger partial charge in [-0.1, -0.05) is 0 Å². The summed E-state index contributed by atoms with van der Waals surface area (Å²) < 4.78 is 34.8. The molecule has 0 aromatic heterocycles. The van der Waals surface area contributed by atoms with Crippen molar-refractivity contribution in [1.29, 1.82) is 0 Å². The molecule has 0 spiro atoms. The molecule has 15 heavy (non-hydrogen) atoms. The first-order valence-electron chi connectivity index (χ1n) is 3.79. The lowest BCUT2D eigenvalue weighted by molar-refractivity contribution is -0.165. The Morgan fingerprint density at radius 2 is 1.93 bits per heavy atom. The molecule has 0 aliphatic rings. The average Bonchev–Trinajstić information content (AvgIpc) is 2.09. The highest BCUT2D eigenvalue weighted by Gasteiger charge is 2.35. The quantitative estimate of drug-likeness (QED) is 0.579. The van der Waals surface area contributed by atoms with E-state index in [1.165, 1.54) is 6.92 Å². The van der Waals surface area contributed by atoms with Crippen molar-refractivity contribution in [3.05, 3.63) is 12.3 Å². The number of carbonyl (C=O) groups excluding carboxylic acids is 1. The number of nitrogens with zero attached hydrogens (tertiary/aromatic N) is 1. The maximum Gasteiger partial charge on any atom is 0.454 e. The molecule has 0 heterocycles. The van der Waals surface area contributed by atoms with Gasteiger partial charge in [0.15, 0.2) is 0 Å². The molecule has 0 saturated carbocycles. The van der Waals surface area contributed by atoms with Crippen LogP contribution in [-0.2, 0) is 9.59 Å². The summed E-state index contributed by atoms with van der Waals surface area (Å²) in [6.07, 6.45) is -3.17. The normalized spacial score (nSPS) is 14.7. The van der Waals surface area contributed by atoms with Gasteiger partial charge in [-0.05, 0) is 6.92 Å². The first-order valence-corrected chi connectivity index (χ1v) is 3.79. The number of carbonyl (C=O) groups is 2. The van der Waals surface area contributed by atoms with Crippen LogP contribution in [0.15, 0.2) is 17.3 Å². The fourth-order valence-electron chi connectivity index (χ4n) is 0.448. The predicted molar refractivity (Wildman–Crippen MR) is 45.5 cm³/mol. The first-order chi connectivity index (χ1) is 6.75.